The number of nitrogens with two attached hydrogens (primary N) is 1. The number of nitrogens with zero attached hydrogens (tertiary/aromatic N) is 1. The minimum atomic E-state index is -3.69. The van der Waals surface area contributed by atoms with Crippen molar-refractivity contribution < 1.29 is 13.2 Å². The molecule has 6 heteroatoms. The molecule has 0 heterocycles. The third-order valence-electron chi connectivity index (χ3n) is 4.53. The highest BCUT2D eigenvalue weighted by atomic mass is 32.2. The van der Waals surface area contributed by atoms with Crippen molar-refractivity contribution in [2.75, 3.05) is 7.11 Å². The fourth-order valence-electron chi connectivity index (χ4n) is 3.08. The summed E-state index contributed by atoms with van der Waals surface area (Å²) >= 11 is 0. The summed E-state index contributed by atoms with van der Waals surface area (Å²) in [6.45, 7) is 1.89. The molecule has 3 atom stereocenters. The third-order valence-corrected chi connectivity index (χ3v) is 6.79. The van der Waals surface area contributed by atoms with Crippen LogP contribution < -0.4 is 10.5 Å². The van der Waals surface area contributed by atoms with Crippen LogP contribution in [0.25, 0.3) is 0 Å². The molecule has 124 valence electrons. The number of aryl methyl sites for hydroxylation is 1. The second kappa shape index (κ2) is 5.62. The fourth-order valence-corrected chi connectivity index (χ4v) is 5.26. The predicted molar refractivity (Wildman–Crippen MR) is 90.4 cm³/mol. The van der Waals surface area contributed by atoms with Gasteiger partial charge < -0.3 is 10.5 Å². The molecular formula is C18H18N2O3S. The monoisotopic (exact) mass is 342 g/mol. The average Bonchev–Trinajstić information content (AvgIpc) is 3.23. The van der Waals surface area contributed by atoms with Gasteiger partial charge in [0.05, 0.1) is 18.1 Å². The Hall–Kier alpha value is -2.36. The zero-order chi connectivity index (χ0) is 17.5. The van der Waals surface area contributed by atoms with Crippen LogP contribution in [0.3, 0.4) is 0 Å². The average molecular weight is 342 g/mol. The van der Waals surface area contributed by atoms with Crippen LogP contribution >= 0.6 is 0 Å². The Morgan fingerprint density at radius 2 is 1.71 bits per heavy atom. The van der Waals surface area contributed by atoms with Crippen LogP contribution in [0, 0.1) is 18.3 Å². The molecule has 2 N–H and O–H groups in total. The van der Waals surface area contributed by atoms with Gasteiger partial charge in [0.2, 0.25) is 0 Å². The largest absolute Gasteiger partial charge is 0.497 e. The molecule has 0 bridgehead atoms. The van der Waals surface area contributed by atoms with Gasteiger partial charge in [0.1, 0.15) is 16.5 Å². The number of rotatable bonds is 4. The smallest absolute Gasteiger partial charge is 0.184 e. The van der Waals surface area contributed by atoms with E-state index >= 15 is 0 Å². The summed E-state index contributed by atoms with van der Waals surface area (Å²) in [4.78, 5) is 0.194. The number of methoxy groups -OCH3 is 1. The molecule has 0 amide bonds. The Morgan fingerprint density at radius 3 is 2.21 bits per heavy atom. The quantitative estimate of drug-likeness (QED) is 0.919. The molecule has 0 aliphatic heterocycles. The van der Waals surface area contributed by atoms with E-state index in [1.807, 2.05) is 13.0 Å². The van der Waals surface area contributed by atoms with Crippen LogP contribution in [-0.4, -0.2) is 26.3 Å². The van der Waals surface area contributed by atoms with Gasteiger partial charge in [0.15, 0.2) is 9.84 Å². The van der Waals surface area contributed by atoms with Gasteiger partial charge in [-0.1, -0.05) is 29.8 Å². The number of sulfone groups is 1. The van der Waals surface area contributed by atoms with Gasteiger partial charge >= 0.3 is 0 Å². The zero-order valence-corrected chi connectivity index (χ0v) is 14.2. The predicted octanol–water partition coefficient (Wildman–Crippen LogP) is 2.16. The minimum Gasteiger partial charge on any atom is -0.497 e. The van der Waals surface area contributed by atoms with E-state index in [1.54, 1.807) is 55.6 Å². The summed E-state index contributed by atoms with van der Waals surface area (Å²) in [7, 11) is -2.14. The number of ether oxygens (including phenoxy) is 1. The first-order valence-corrected chi connectivity index (χ1v) is 9.04. The number of hydrogen-bond donors (Lipinski definition) is 1. The molecule has 2 aromatic rings. The Balaban J connectivity index is 2.00. The maximum Gasteiger partial charge on any atom is 0.184 e. The van der Waals surface area contributed by atoms with Crippen LogP contribution in [0.4, 0.5) is 0 Å². The molecule has 24 heavy (non-hydrogen) atoms. The fraction of sp³-hybridized carbons (Fsp3) is 0.278. The molecule has 1 aliphatic rings. The molecular weight excluding hydrogens is 324 g/mol. The Labute approximate surface area is 141 Å². The topological polar surface area (TPSA) is 93.2 Å². The van der Waals surface area contributed by atoms with Gasteiger partial charge in [0.25, 0.3) is 0 Å². The van der Waals surface area contributed by atoms with E-state index in [4.69, 9.17) is 10.5 Å². The van der Waals surface area contributed by atoms with Crippen molar-refractivity contribution in [3.8, 4) is 11.8 Å². The van der Waals surface area contributed by atoms with E-state index < -0.39 is 26.5 Å². The molecule has 0 saturated heterocycles. The van der Waals surface area contributed by atoms with Crippen molar-refractivity contribution in [1.82, 2.24) is 0 Å². The lowest BCUT2D eigenvalue weighted by molar-refractivity contribution is 0.414. The van der Waals surface area contributed by atoms with Gasteiger partial charge in [-0.05, 0) is 36.8 Å². The first kappa shape index (κ1) is 16.5. The van der Waals surface area contributed by atoms with Crippen LogP contribution in [0.5, 0.6) is 5.75 Å². The second-order valence-electron chi connectivity index (χ2n) is 6.07. The second-order valence-corrected chi connectivity index (χ2v) is 8.14. The lowest BCUT2D eigenvalue weighted by atomic mass is 10.1. The van der Waals surface area contributed by atoms with Gasteiger partial charge in [-0.2, -0.15) is 5.26 Å². The van der Waals surface area contributed by atoms with Crippen molar-refractivity contribution >= 4 is 9.84 Å². The summed E-state index contributed by atoms with van der Waals surface area (Å²) < 4.78 is 31.0. The molecule has 0 radical (unpaired) electrons. The number of benzene rings is 2. The van der Waals surface area contributed by atoms with E-state index in [2.05, 4.69) is 0 Å². The highest BCUT2D eigenvalue weighted by molar-refractivity contribution is 7.92. The summed E-state index contributed by atoms with van der Waals surface area (Å²) in [5.41, 5.74) is 6.39. The lowest BCUT2D eigenvalue weighted by Gasteiger charge is -2.05. The SMILES string of the molecule is COc1ccc([C@H]2[C@H](S(=O)(=O)c3ccc(C)cc3)[C@@]2(N)C#N)cc1. The molecule has 5 nitrogen and oxygen atoms in total. The van der Waals surface area contributed by atoms with Gasteiger partial charge in [-0.3, -0.25) is 0 Å². The highest BCUT2D eigenvalue weighted by Crippen LogP contribution is 2.55. The van der Waals surface area contributed by atoms with Crippen LogP contribution in [0.1, 0.15) is 17.0 Å². The number of hydrogen-bond acceptors (Lipinski definition) is 5. The van der Waals surface area contributed by atoms with Crippen LogP contribution in [-0.2, 0) is 9.84 Å². The Kier molecular flexibility index (Phi) is 3.86. The maximum atomic E-state index is 12.9. The molecule has 0 aromatic heterocycles. The molecule has 2 aromatic carbocycles. The van der Waals surface area contributed by atoms with Crippen molar-refractivity contribution in [3.63, 3.8) is 0 Å². The van der Waals surface area contributed by atoms with Crippen molar-refractivity contribution in [3.05, 3.63) is 59.7 Å². The van der Waals surface area contributed by atoms with E-state index in [0.29, 0.717) is 5.75 Å². The molecule has 1 fully saturated rings. The van der Waals surface area contributed by atoms with Crippen LogP contribution in [0.15, 0.2) is 53.4 Å². The van der Waals surface area contributed by atoms with E-state index in [0.717, 1.165) is 11.1 Å². The van der Waals surface area contributed by atoms with Gasteiger partial charge in [-0.25, -0.2) is 8.42 Å². The first-order valence-electron chi connectivity index (χ1n) is 7.49. The van der Waals surface area contributed by atoms with Crippen molar-refractivity contribution in [2.24, 2.45) is 5.73 Å². The van der Waals surface area contributed by atoms with E-state index in [-0.39, 0.29) is 4.90 Å². The summed E-state index contributed by atoms with van der Waals surface area (Å²) in [5, 5.41) is 8.51. The van der Waals surface area contributed by atoms with E-state index in [1.165, 1.54) is 0 Å². The van der Waals surface area contributed by atoms with E-state index in [9.17, 15) is 13.7 Å². The minimum absolute atomic E-state index is 0.194. The van der Waals surface area contributed by atoms with Crippen molar-refractivity contribution in [1.29, 1.82) is 5.26 Å². The normalized spacial score (nSPS) is 25.8. The van der Waals surface area contributed by atoms with Gasteiger partial charge in [0, 0.05) is 5.92 Å². The lowest BCUT2D eigenvalue weighted by Crippen LogP contribution is -2.29. The van der Waals surface area contributed by atoms with Crippen LogP contribution in [0.2, 0.25) is 0 Å². The first-order chi connectivity index (χ1) is 11.3. The van der Waals surface area contributed by atoms with Crippen molar-refractivity contribution in [2.45, 2.75) is 28.5 Å². The Bertz CT molecular complexity index is 899. The standard InChI is InChI=1S/C18H18N2O3S/c1-12-3-9-15(10-4-12)24(21,22)17-16(18(17,20)11-19)13-5-7-14(23-2)8-6-13/h3-10,16-17H,20H2,1-2H3/t16-,17-,18+/m0/s1. The molecule has 0 spiro atoms. The van der Waals surface area contributed by atoms with Gasteiger partial charge in [-0.15, -0.1) is 0 Å². The molecule has 1 saturated carbocycles. The molecule has 3 rings (SSSR count). The maximum absolute atomic E-state index is 12.9. The summed E-state index contributed by atoms with van der Waals surface area (Å²) in [6.07, 6.45) is 0. The summed E-state index contributed by atoms with van der Waals surface area (Å²) in [6, 6.07) is 15.6. The summed E-state index contributed by atoms with van der Waals surface area (Å²) in [5.74, 6) is 0.108. The number of nitriles is 1. The Morgan fingerprint density at radius 1 is 1.12 bits per heavy atom. The molecule has 1 aliphatic carbocycles. The molecule has 0 unspecified atom stereocenters. The third kappa shape index (κ3) is 2.46. The highest BCUT2D eigenvalue weighted by Gasteiger charge is 2.70. The zero-order valence-electron chi connectivity index (χ0n) is 13.4.